The second-order valence-electron chi connectivity index (χ2n) is 3.93. The van der Waals surface area contributed by atoms with E-state index in [1.165, 1.54) is 15.1 Å². The van der Waals surface area contributed by atoms with Crippen molar-refractivity contribution in [2.24, 2.45) is 5.92 Å². The third kappa shape index (κ3) is 3.03. The summed E-state index contributed by atoms with van der Waals surface area (Å²) in [6.45, 7) is 1.84. The summed E-state index contributed by atoms with van der Waals surface area (Å²) in [5.41, 5.74) is 0. The molecule has 15 heavy (non-hydrogen) atoms. The Hall–Kier alpha value is 0.1000. The van der Waals surface area contributed by atoms with E-state index in [9.17, 15) is 0 Å². The maximum Gasteiger partial charge on any atom is 0.0701 e. The second kappa shape index (κ2) is 5.43. The molecule has 0 aliphatic carbocycles. The van der Waals surface area contributed by atoms with Crippen LogP contribution in [0.1, 0.15) is 11.3 Å². The van der Waals surface area contributed by atoms with Crippen LogP contribution in [0.4, 0.5) is 0 Å². The lowest BCUT2D eigenvalue weighted by molar-refractivity contribution is 0.177. The van der Waals surface area contributed by atoms with Gasteiger partial charge in [-0.05, 0) is 48.0 Å². The molecule has 2 unspecified atom stereocenters. The van der Waals surface area contributed by atoms with Gasteiger partial charge in [0.1, 0.15) is 0 Å². The molecule has 0 aromatic carbocycles. The topological polar surface area (TPSA) is 21.3 Å². The number of rotatable bonds is 4. The zero-order valence-corrected chi connectivity index (χ0v) is 11.2. The molecule has 1 aromatic heterocycles. The van der Waals surface area contributed by atoms with Crippen molar-refractivity contribution in [1.82, 2.24) is 5.32 Å². The maximum absolute atomic E-state index is 5.44. The lowest BCUT2D eigenvalue weighted by Gasteiger charge is -2.20. The van der Waals surface area contributed by atoms with Gasteiger partial charge in [-0.2, -0.15) is 0 Å². The zero-order chi connectivity index (χ0) is 10.7. The monoisotopic (exact) mass is 289 g/mol. The molecule has 0 radical (unpaired) electrons. The van der Waals surface area contributed by atoms with Crippen LogP contribution in [0.15, 0.2) is 15.9 Å². The van der Waals surface area contributed by atoms with E-state index in [1.54, 1.807) is 0 Å². The molecule has 1 N–H and O–H groups in total. The molecule has 0 amide bonds. The quantitative estimate of drug-likeness (QED) is 0.920. The van der Waals surface area contributed by atoms with Crippen molar-refractivity contribution in [3.8, 4) is 0 Å². The van der Waals surface area contributed by atoms with Gasteiger partial charge < -0.3 is 10.1 Å². The van der Waals surface area contributed by atoms with Crippen molar-refractivity contribution in [2.75, 3.05) is 20.3 Å². The minimum atomic E-state index is 0.554. The largest absolute Gasteiger partial charge is 0.381 e. The van der Waals surface area contributed by atoms with Gasteiger partial charge in [0, 0.05) is 23.4 Å². The molecular formula is C11H16BrNOS. The molecule has 1 fully saturated rings. The van der Waals surface area contributed by atoms with Crippen molar-refractivity contribution >= 4 is 27.3 Å². The predicted molar refractivity (Wildman–Crippen MR) is 67.5 cm³/mol. The normalized spacial score (nSPS) is 23.2. The zero-order valence-electron chi connectivity index (χ0n) is 8.83. The number of likely N-dealkylation sites (N-methyl/N-ethyl adjacent to an activating group) is 1. The van der Waals surface area contributed by atoms with Gasteiger partial charge in [-0.1, -0.05) is 0 Å². The first-order chi connectivity index (χ1) is 7.29. The molecule has 0 saturated carbocycles. The highest BCUT2D eigenvalue weighted by atomic mass is 79.9. The fourth-order valence-electron chi connectivity index (χ4n) is 2.05. The van der Waals surface area contributed by atoms with Crippen molar-refractivity contribution in [3.63, 3.8) is 0 Å². The van der Waals surface area contributed by atoms with Gasteiger partial charge in [-0.25, -0.2) is 0 Å². The van der Waals surface area contributed by atoms with Crippen LogP contribution in [0, 0.1) is 5.92 Å². The van der Waals surface area contributed by atoms with Crippen LogP contribution in [0.2, 0.25) is 0 Å². The van der Waals surface area contributed by atoms with Gasteiger partial charge in [0.2, 0.25) is 0 Å². The predicted octanol–water partition coefficient (Wildman–Crippen LogP) is 2.68. The summed E-state index contributed by atoms with van der Waals surface area (Å²) in [6.07, 6.45) is 2.30. The van der Waals surface area contributed by atoms with Crippen LogP contribution in [0.3, 0.4) is 0 Å². The Morgan fingerprint density at radius 1 is 1.67 bits per heavy atom. The van der Waals surface area contributed by atoms with Crippen molar-refractivity contribution in [3.05, 3.63) is 20.8 Å². The SMILES string of the molecule is CNC(Cc1ccc(Br)s1)C1CCOC1. The third-order valence-electron chi connectivity index (χ3n) is 2.95. The van der Waals surface area contributed by atoms with Gasteiger partial charge in [-0.3, -0.25) is 0 Å². The standard InChI is InChI=1S/C11H16BrNOS/c1-13-10(8-4-5-14-7-8)6-9-2-3-11(12)15-9/h2-3,8,10,13H,4-7H2,1H3. The highest BCUT2D eigenvalue weighted by Gasteiger charge is 2.24. The number of ether oxygens (including phenoxy) is 1. The minimum absolute atomic E-state index is 0.554. The summed E-state index contributed by atoms with van der Waals surface area (Å²) in [6, 6.07) is 4.88. The molecule has 1 aliphatic rings. The van der Waals surface area contributed by atoms with Crippen LogP contribution in [-0.2, 0) is 11.2 Å². The molecule has 1 aliphatic heterocycles. The van der Waals surface area contributed by atoms with Crippen molar-refractivity contribution in [2.45, 2.75) is 18.9 Å². The molecule has 1 saturated heterocycles. The average Bonchev–Trinajstić information content (AvgIpc) is 2.85. The number of halogens is 1. The van der Waals surface area contributed by atoms with E-state index < -0.39 is 0 Å². The third-order valence-corrected chi connectivity index (χ3v) is 4.60. The van der Waals surface area contributed by atoms with Crippen LogP contribution >= 0.6 is 27.3 Å². The van der Waals surface area contributed by atoms with Crippen LogP contribution < -0.4 is 5.32 Å². The van der Waals surface area contributed by atoms with Gasteiger partial charge in [0.15, 0.2) is 0 Å². The molecule has 1 aromatic rings. The number of nitrogens with one attached hydrogen (secondary N) is 1. The van der Waals surface area contributed by atoms with E-state index >= 15 is 0 Å². The van der Waals surface area contributed by atoms with E-state index in [-0.39, 0.29) is 0 Å². The Bertz CT molecular complexity index is 309. The smallest absolute Gasteiger partial charge is 0.0701 e. The van der Waals surface area contributed by atoms with Crippen LogP contribution in [0.5, 0.6) is 0 Å². The Morgan fingerprint density at radius 2 is 2.53 bits per heavy atom. The van der Waals surface area contributed by atoms with Gasteiger partial charge in [0.05, 0.1) is 10.4 Å². The first-order valence-electron chi connectivity index (χ1n) is 5.29. The molecule has 0 spiro atoms. The van der Waals surface area contributed by atoms with E-state index in [2.05, 4.69) is 33.4 Å². The van der Waals surface area contributed by atoms with Crippen LogP contribution in [-0.4, -0.2) is 26.3 Å². The van der Waals surface area contributed by atoms with Crippen molar-refractivity contribution in [1.29, 1.82) is 0 Å². The van der Waals surface area contributed by atoms with Gasteiger partial charge >= 0.3 is 0 Å². The summed E-state index contributed by atoms with van der Waals surface area (Å²) in [5, 5.41) is 3.41. The number of hydrogen-bond donors (Lipinski definition) is 1. The van der Waals surface area contributed by atoms with Crippen molar-refractivity contribution < 1.29 is 4.74 Å². The van der Waals surface area contributed by atoms with E-state index in [1.807, 2.05) is 18.4 Å². The van der Waals surface area contributed by atoms with Crippen LogP contribution in [0.25, 0.3) is 0 Å². The van der Waals surface area contributed by atoms with E-state index in [0.717, 1.165) is 19.6 Å². The summed E-state index contributed by atoms with van der Waals surface area (Å²) >= 11 is 5.33. The Kier molecular flexibility index (Phi) is 4.20. The highest BCUT2D eigenvalue weighted by Crippen LogP contribution is 2.26. The van der Waals surface area contributed by atoms with Gasteiger partial charge in [0.25, 0.3) is 0 Å². The summed E-state index contributed by atoms with van der Waals surface area (Å²) in [5.74, 6) is 0.677. The fraction of sp³-hybridized carbons (Fsp3) is 0.636. The fourth-order valence-corrected chi connectivity index (χ4v) is 3.59. The number of thiophene rings is 1. The molecule has 4 heteroatoms. The highest BCUT2D eigenvalue weighted by molar-refractivity contribution is 9.11. The lowest BCUT2D eigenvalue weighted by atomic mass is 9.96. The molecule has 2 rings (SSSR count). The minimum Gasteiger partial charge on any atom is -0.381 e. The molecular weight excluding hydrogens is 274 g/mol. The maximum atomic E-state index is 5.44. The molecule has 2 atom stereocenters. The lowest BCUT2D eigenvalue weighted by Crippen LogP contribution is -2.35. The van der Waals surface area contributed by atoms with Gasteiger partial charge in [-0.15, -0.1) is 11.3 Å². The Balaban J connectivity index is 1.95. The van der Waals surface area contributed by atoms with E-state index in [0.29, 0.717) is 12.0 Å². The first kappa shape index (κ1) is 11.6. The Labute approximate surface area is 103 Å². The summed E-state index contributed by atoms with van der Waals surface area (Å²) in [4.78, 5) is 1.44. The number of hydrogen-bond acceptors (Lipinski definition) is 3. The molecule has 0 bridgehead atoms. The van der Waals surface area contributed by atoms with E-state index in [4.69, 9.17) is 4.74 Å². The molecule has 84 valence electrons. The second-order valence-corrected chi connectivity index (χ2v) is 6.48. The summed E-state index contributed by atoms with van der Waals surface area (Å²) < 4.78 is 6.65. The Morgan fingerprint density at radius 3 is 3.07 bits per heavy atom. The average molecular weight is 290 g/mol. The molecule has 2 heterocycles. The first-order valence-corrected chi connectivity index (χ1v) is 6.90. The molecule has 2 nitrogen and oxygen atoms in total. The summed E-state index contributed by atoms with van der Waals surface area (Å²) in [7, 11) is 2.05.